The minimum atomic E-state index is -2.82. The molecule has 88 valence electrons. The second kappa shape index (κ2) is 4.01. The van der Waals surface area contributed by atoms with E-state index in [1.807, 2.05) is 0 Å². The molecule has 0 spiro atoms. The highest BCUT2D eigenvalue weighted by molar-refractivity contribution is 7.91. The summed E-state index contributed by atoms with van der Waals surface area (Å²) in [6, 6.07) is 0.0274. The van der Waals surface area contributed by atoms with Crippen LogP contribution in [-0.2, 0) is 9.84 Å². The lowest BCUT2D eigenvalue weighted by atomic mass is 10.0. The van der Waals surface area contributed by atoms with Gasteiger partial charge in [0.25, 0.3) is 0 Å². The zero-order valence-corrected chi connectivity index (χ0v) is 9.52. The van der Waals surface area contributed by atoms with E-state index in [0.29, 0.717) is 19.5 Å². The summed E-state index contributed by atoms with van der Waals surface area (Å²) in [6.45, 7) is 1.92. The van der Waals surface area contributed by atoms with Crippen LogP contribution in [-0.4, -0.2) is 56.3 Å². The van der Waals surface area contributed by atoms with E-state index in [9.17, 15) is 13.5 Å². The highest BCUT2D eigenvalue weighted by atomic mass is 32.2. The lowest BCUT2D eigenvalue weighted by molar-refractivity contribution is 0.0588. The van der Waals surface area contributed by atoms with Crippen LogP contribution < -0.4 is 10.6 Å². The van der Waals surface area contributed by atoms with Crippen molar-refractivity contribution in [2.75, 3.05) is 31.1 Å². The summed E-state index contributed by atoms with van der Waals surface area (Å²) >= 11 is 0. The second-order valence-corrected chi connectivity index (χ2v) is 6.86. The van der Waals surface area contributed by atoms with Gasteiger partial charge in [0.15, 0.2) is 9.84 Å². The second-order valence-electron chi connectivity index (χ2n) is 4.63. The van der Waals surface area contributed by atoms with Crippen LogP contribution in [0.1, 0.15) is 12.8 Å². The maximum Gasteiger partial charge on any atom is 0.151 e. The Hall–Kier alpha value is -0.170. The van der Waals surface area contributed by atoms with Gasteiger partial charge in [-0.05, 0) is 19.4 Å². The van der Waals surface area contributed by atoms with Gasteiger partial charge in [0.2, 0.25) is 0 Å². The SMILES string of the molecule is O=S1(=O)CCC(NCC2(O)CCNC2)C1. The fraction of sp³-hybridized carbons (Fsp3) is 1.00. The molecule has 2 aliphatic heterocycles. The Morgan fingerprint density at radius 2 is 2.33 bits per heavy atom. The van der Waals surface area contributed by atoms with Crippen LogP contribution in [0.3, 0.4) is 0 Å². The number of β-amino-alcohol motifs (C(OH)–C–C–N with tert-alkyl or cyclic N) is 1. The average Bonchev–Trinajstić information content (AvgIpc) is 2.70. The predicted molar refractivity (Wildman–Crippen MR) is 57.5 cm³/mol. The summed E-state index contributed by atoms with van der Waals surface area (Å²) in [6.07, 6.45) is 1.41. The van der Waals surface area contributed by atoms with E-state index in [1.54, 1.807) is 0 Å². The van der Waals surface area contributed by atoms with Gasteiger partial charge in [-0.15, -0.1) is 0 Å². The van der Waals surface area contributed by atoms with Crippen molar-refractivity contribution in [2.45, 2.75) is 24.5 Å². The zero-order valence-electron chi connectivity index (χ0n) is 8.70. The van der Waals surface area contributed by atoms with Crippen molar-refractivity contribution in [3.63, 3.8) is 0 Å². The van der Waals surface area contributed by atoms with Gasteiger partial charge in [0, 0.05) is 19.1 Å². The number of rotatable bonds is 3. The summed E-state index contributed by atoms with van der Waals surface area (Å²) in [5, 5.41) is 16.3. The monoisotopic (exact) mass is 234 g/mol. The molecule has 0 aromatic carbocycles. The van der Waals surface area contributed by atoms with Crippen molar-refractivity contribution in [1.29, 1.82) is 0 Å². The van der Waals surface area contributed by atoms with Crippen LogP contribution in [0.15, 0.2) is 0 Å². The Balaban J connectivity index is 1.79. The highest BCUT2D eigenvalue weighted by Crippen LogP contribution is 2.15. The first-order chi connectivity index (χ1) is 6.99. The standard InChI is InChI=1S/C9H18N2O3S/c12-9(2-3-10-6-9)7-11-8-1-4-15(13,14)5-8/h8,10-12H,1-7H2. The molecule has 0 aromatic rings. The first kappa shape index (κ1) is 11.3. The molecule has 2 aliphatic rings. The first-order valence-corrected chi connectivity index (χ1v) is 7.18. The molecule has 2 saturated heterocycles. The smallest absolute Gasteiger partial charge is 0.151 e. The lowest BCUT2D eigenvalue weighted by Crippen LogP contribution is -2.46. The van der Waals surface area contributed by atoms with Crippen molar-refractivity contribution in [3.8, 4) is 0 Å². The lowest BCUT2D eigenvalue weighted by Gasteiger charge is -2.23. The van der Waals surface area contributed by atoms with Crippen molar-refractivity contribution >= 4 is 9.84 Å². The van der Waals surface area contributed by atoms with E-state index in [0.717, 1.165) is 13.0 Å². The Morgan fingerprint density at radius 3 is 2.87 bits per heavy atom. The maximum atomic E-state index is 11.2. The Kier molecular flexibility index (Phi) is 3.03. The summed E-state index contributed by atoms with van der Waals surface area (Å²) in [5.41, 5.74) is -0.688. The number of hydrogen-bond donors (Lipinski definition) is 3. The van der Waals surface area contributed by atoms with E-state index in [-0.39, 0.29) is 17.5 Å². The van der Waals surface area contributed by atoms with Crippen molar-refractivity contribution in [3.05, 3.63) is 0 Å². The van der Waals surface area contributed by atoms with Crippen molar-refractivity contribution in [2.24, 2.45) is 0 Å². The topological polar surface area (TPSA) is 78.4 Å². The third kappa shape index (κ3) is 2.90. The third-order valence-electron chi connectivity index (χ3n) is 3.17. The van der Waals surface area contributed by atoms with Gasteiger partial charge in [0.05, 0.1) is 17.1 Å². The summed E-state index contributed by atoms with van der Waals surface area (Å²) in [7, 11) is -2.82. The fourth-order valence-corrected chi connectivity index (χ4v) is 3.88. The molecule has 0 saturated carbocycles. The number of sulfone groups is 1. The van der Waals surface area contributed by atoms with Crippen LogP contribution in [0.25, 0.3) is 0 Å². The molecule has 2 fully saturated rings. The van der Waals surface area contributed by atoms with Gasteiger partial charge in [-0.1, -0.05) is 0 Å². The molecule has 2 unspecified atom stereocenters. The number of hydrogen-bond acceptors (Lipinski definition) is 5. The quantitative estimate of drug-likeness (QED) is 0.553. The fourth-order valence-electron chi connectivity index (χ4n) is 2.17. The normalized spacial score (nSPS) is 39.7. The van der Waals surface area contributed by atoms with Gasteiger partial charge in [-0.25, -0.2) is 8.42 Å². The van der Waals surface area contributed by atoms with E-state index in [4.69, 9.17) is 0 Å². The molecule has 2 rings (SSSR count). The Morgan fingerprint density at radius 1 is 1.53 bits per heavy atom. The predicted octanol–water partition coefficient (Wildman–Crippen LogP) is -1.51. The van der Waals surface area contributed by atoms with E-state index in [1.165, 1.54) is 0 Å². The Bertz CT molecular complexity index is 322. The van der Waals surface area contributed by atoms with Gasteiger partial charge in [-0.3, -0.25) is 0 Å². The van der Waals surface area contributed by atoms with Crippen LogP contribution in [0.4, 0.5) is 0 Å². The summed E-state index contributed by atoms with van der Waals surface area (Å²) in [4.78, 5) is 0. The summed E-state index contributed by atoms with van der Waals surface area (Å²) < 4.78 is 22.4. The minimum absolute atomic E-state index is 0.0274. The molecule has 0 aliphatic carbocycles. The number of aliphatic hydroxyl groups is 1. The molecule has 2 atom stereocenters. The average molecular weight is 234 g/mol. The molecular formula is C9H18N2O3S. The van der Waals surface area contributed by atoms with Crippen LogP contribution in [0.2, 0.25) is 0 Å². The largest absolute Gasteiger partial charge is 0.387 e. The van der Waals surface area contributed by atoms with Crippen molar-refractivity contribution < 1.29 is 13.5 Å². The number of nitrogens with one attached hydrogen (secondary N) is 2. The van der Waals surface area contributed by atoms with Crippen LogP contribution >= 0.6 is 0 Å². The Labute approximate surface area is 90.2 Å². The molecular weight excluding hydrogens is 216 g/mol. The van der Waals surface area contributed by atoms with Crippen LogP contribution in [0.5, 0.6) is 0 Å². The zero-order chi connectivity index (χ0) is 10.9. The molecule has 5 nitrogen and oxygen atoms in total. The van der Waals surface area contributed by atoms with Gasteiger partial charge < -0.3 is 15.7 Å². The molecule has 0 bridgehead atoms. The van der Waals surface area contributed by atoms with Gasteiger partial charge in [0.1, 0.15) is 0 Å². The molecule has 3 N–H and O–H groups in total. The molecule has 15 heavy (non-hydrogen) atoms. The van der Waals surface area contributed by atoms with Gasteiger partial charge >= 0.3 is 0 Å². The highest BCUT2D eigenvalue weighted by Gasteiger charge is 2.33. The van der Waals surface area contributed by atoms with E-state index in [2.05, 4.69) is 10.6 Å². The molecule has 2 heterocycles. The molecule has 0 amide bonds. The summed E-state index contributed by atoms with van der Waals surface area (Å²) in [5.74, 6) is 0.498. The van der Waals surface area contributed by atoms with Crippen LogP contribution in [0, 0.1) is 0 Å². The minimum Gasteiger partial charge on any atom is -0.387 e. The molecule has 0 radical (unpaired) electrons. The molecule has 6 heteroatoms. The van der Waals surface area contributed by atoms with E-state index >= 15 is 0 Å². The van der Waals surface area contributed by atoms with Crippen molar-refractivity contribution in [1.82, 2.24) is 10.6 Å². The van der Waals surface area contributed by atoms with Gasteiger partial charge in [-0.2, -0.15) is 0 Å². The third-order valence-corrected chi connectivity index (χ3v) is 4.94. The first-order valence-electron chi connectivity index (χ1n) is 5.36. The van der Waals surface area contributed by atoms with E-state index < -0.39 is 15.4 Å². The maximum absolute atomic E-state index is 11.2. The molecule has 0 aromatic heterocycles.